The average Bonchev–Trinajstić information content (AvgIpc) is 2.84. The van der Waals surface area contributed by atoms with Crippen LogP contribution >= 0.6 is 0 Å². The van der Waals surface area contributed by atoms with Crippen molar-refractivity contribution >= 4 is 0 Å². The number of aromatic nitrogens is 3. The number of nitrogens with zero attached hydrogens (tertiary/aromatic N) is 3. The van der Waals surface area contributed by atoms with Gasteiger partial charge in [-0.05, 0) is 19.8 Å². The maximum absolute atomic E-state index is 5.50. The molecule has 0 bridgehead atoms. The highest BCUT2D eigenvalue weighted by atomic mass is 16.7. The third-order valence-electron chi connectivity index (χ3n) is 3.03. The highest BCUT2D eigenvalue weighted by Crippen LogP contribution is 2.17. The molecule has 1 aromatic heterocycles. The molecule has 0 saturated heterocycles. The van der Waals surface area contributed by atoms with E-state index < -0.39 is 6.29 Å². The van der Waals surface area contributed by atoms with Gasteiger partial charge in [-0.2, -0.15) is 0 Å². The van der Waals surface area contributed by atoms with Crippen LogP contribution in [0.2, 0.25) is 0 Å². The van der Waals surface area contributed by atoms with Crippen molar-refractivity contribution in [1.29, 1.82) is 0 Å². The third kappa shape index (κ3) is 4.38. The minimum Gasteiger partial charge on any atom is -0.347 e. The van der Waals surface area contributed by atoms with Crippen LogP contribution in [0.5, 0.6) is 0 Å². The zero-order valence-corrected chi connectivity index (χ0v) is 11.9. The van der Waals surface area contributed by atoms with E-state index in [1.807, 2.05) is 24.7 Å². The van der Waals surface area contributed by atoms with Gasteiger partial charge in [-0.1, -0.05) is 31.9 Å². The average molecular weight is 255 g/mol. The van der Waals surface area contributed by atoms with Crippen LogP contribution in [-0.4, -0.2) is 28.2 Å². The summed E-state index contributed by atoms with van der Waals surface area (Å²) < 4.78 is 12.9. The molecule has 0 atom stereocenters. The maximum Gasteiger partial charge on any atom is 0.204 e. The van der Waals surface area contributed by atoms with Crippen LogP contribution in [0.15, 0.2) is 6.20 Å². The molecule has 1 aromatic rings. The molecule has 0 radical (unpaired) electrons. The first-order chi connectivity index (χ1) is 8.74. The van der Waals surface area contributed by atoms with Crippen LogP contribution < -0.4 is 0 Å². The van der Waals surface area contributed by atoms with Gasteiger partial charge in [0.25, 0.3) is 0 Å². The molecule has 0 amide bonds. The predicted octanol–water partition coefficient (Wildman–Crippen LogP) is 2.79. The number of hydrogen-bond donors (Lipinski definition) is 0. The van der Waals surface area contributed by atoms with Crippen LogP contribution in [0.1, 0.15) is 52.5 Å². The van der Waals surface area contributed by atoms with Crippen molar-refractivity contribution in [3.63, 3.8) is 0 Å². The van der Waals surface area contributed by atoms with Crippen molar-refractivity contribution in [3.8, 4) is 0 Å². The first-order valence-electron chi connectivity index (χ1n) is 6.88. The lowest BCUT2D eigenvalue weighted by Crippen LogP contribution is -2.10. The normalized spacial score (nSPS) is 11.7. The molecular weight excluding hydrogens is 230 g/mol. The summed E-state index contributed by atoms with van der Waals surface area (Å²) in [6.07, 6.45) is 3.85. The summed E-state index contributed by atoms with van der Waals surface area (Å²) >= 11 is 0. The maximum atomic E-state index is 5.50. The van der Waals surface area contributed by atoms with Gasteiger partial charge < -0.3 is 9.47 Å². The van der Waals surface area contributed by atoms with Crippen molar-refractivity contribution in [1.82, 2.24) is 15.0 Å². The summed E-state index contributed by atoms with van der Waals surface area (Å²) in [5.41, 5.74) is 0.754. The number of hydrogen-bond acceptors (Lipinski definition) is 4. The zero-order valence-electron chi connectivity index (χ0n) is 11.9. The zero-order chi connectivity index (χ0) is 13.4. The van der Waals surface area contributed by atoms with Crippen LogP contribution in [-0.2, 0) is 16.0 Å². The van der Waals surface area contributed by atoms with Gasteiger partial charge in [0.1, 0.15) is 5.69 Å². The first kappa shape index (κ1) is 15.1. The lowest BCUT2D eigenvalue weighted by atomic mass is 10.0. The fraction of sp³-hybridized carbons (Fsp3) is 0.846. The van der Waals surface area contributed by atoms with Crippen molar-refractivity contribution in [2.45, 2.75) is 53.4 Å². The second kappa shape index (κ2) is 8.21. The van der Waals surface area contributed by atoms with Crippen LogP contribution in [0.3, 0.4) is 0 Å². The molecule has 0 unspecified atom stereocenters. The molecule has 0 saturated carbocycles. The Labute approximate surface area is 109 Å². The summed E-state index contributed by atoms with van der Waals surface area (Å²) in [7, 11) is 0. The van der Waals surface area contributed by atoms with E-state index in [4.69, 9.17) is 9.47 Å². The van der Waals surface area contributed by atoms with Gasteiger partial charge in [0.2, 0.25) is 6.29 Å². The lowest BCUT2D eigenvalue weighted by Gasteiger charge is -2.14. The Kier molecular flexibility index (Phi) is 6.90. The standard InChI is InChI=1S/C13H25N3O2/c1-5-11(6-2)9-16-10-12(14-15-16)13(17-7-3)18-8-4/h10-11,13H,5-9H2,1-4H3. The van der Waals surface area contributed by atoms with Crippen LogP contribution in [0.4, 0.5) is 0 Å². The molecule has 0 aliphatic rings. The number of ether oxygens (including phenoxy) is 2. The first-order valence-corrected chi connectivity index (χ1v) is 6.88. The Bertz CT molecular complexity index is 318. The van der Waals surface area contributed by atoms with Crippen molar-refractivity contribution in [2.24, 2.45) is 5.92 Å². The summed E-state index contributed by atoms with van der Waals surface area (Å²) in [4.78, 5) is 0. The highest BCUT2D eigenvalue weighted by Gasteiger charge is 2.16. The number of rotatable bonds is 9. The molecule has 0 N–H and O–H groups in total. The quantitative estimate of drug-likeness (QED) is 0.637. The Morgan fingerprint density at radius 3 is 2.22 bits per heavy atom. The van der Waals surface area contributed by atoms with E-state index in [0.717, 1.165) is 25.1 Å². The molecular formula is C13H25N3O2. The third-order valence-corrected chi connectivity index (χ3v) is 3.03. The second-order valence-corrected chi connectivity index (χ2v) is 4.29. The van der Waals surface area contributed by atoms with Crippen LogP contribution in [0, 0.1) is 5.92 Å². The minimum absolute atomic E-state index is 0.393. The summed E-state index contributed by atoms with van der Waals surface area (Å²) in [5, 5.41) is 8.28. The Morgan fingerprint density at radius 1 is 1.11 bits per heavy atom. The fourth-order valence-electron chi connectivity index (χ4n) is 1.84. The van der Waals surface area contributed by atoms with Crippen molar-refractivity contribution in [3.05, 3.63) is 11.9 Å². The van der Waals surface area contributed by atoms with Crippen LogP contribution in [0.25, 0.3) is 0 Å². The molecule has 1 heterocycles. The highest BCUT2D eigenvalue weighted by molar-refractivity contribution is 4.94. The van der Waals surface area contributed by atoms with Gasteiger partial charge in [0.15, 0.2) is 0 Å². The van der Waals surface area contributed by atoms with Crippen molar-refractivity contribution < 1.29 is 9.47 Å². The van der Waals surface area contributed by atoms with Crippen molar-refractivity contribution in [2.75, 3.05) is 13.2 Å². The smallest absolute Gasteiger partial charge is 0.204 e. The van der Waals surface area contributed by atoms with Gasteiger partial charge in [0.05, 0.1) is 6.20 Å². The molecule has 1 rings (SSSR count). The Hall–Kier alpha value is -0.940. The second-order valence-electron chi connectivity index (χ2n) is 4.29. The molecule has 5 nitrogen and oxygen atoms in total. The largest absolute Gasteiger partial charge is 0.347 e. The van der Waals surface area contributed by atoms with E-state index >= 15 is 0 Å². The minimum atomic E-state index is -0.393. The Balaban J connectivity index is 2.64. The SMILES string of the molecule is CCOC(OCC)c1cn(CC(CC)CC)nn1. The van der Waals surface area contributed by atoms with Gasteiger partial charge in [-0.3, -0.25) is 4.68 Å². The van der Waals surface area contributed by atoms with E-state index in [-0.39, 0.29) is 0 Å². The summed E-state index contributed by atoms with van der Waals surface area (Å²) in [6, 6.07) is 0. The molecule has 5 heteroatoms. The molecule has 0 fully saturated rings. The molecule has 0 spiro atoms. The van der Waals surface area contributed by atoms with E-state index in [2.05, 4.69) is 24.2 Å². The monoisotopic (exact) mass is 255 g/mol. The molecule has 0 aliphatic carbocycles. The van der Waals surface area contributed by atoms with E-state index in [1.54, 1.807) is 0 Å². The fourth-order valence-corrected chi connectivity index (χ4v) is 1.84. The van der Waals surface area contributed by atoms with E-state index in [9.17, 15) is 0 Å². The van der Waals surface area contributed by atoms with E-state index in [1.165, 1.54) is 0 Å². The Morgan fingerprint density at radius 2 is 1.72 bits per heavy atom. The molecule has 0 aliphatic heterocycles. The van der Waals surface area contributed by atoms with Gasteiger partial charge in [-0.25, -0.2) is 0 Å². The van der Waals surface area contributed by atoms with Gasteiger partial charge in [-0.15, -0.1) is 5.10 Å². The molecule has 18 heavy (non-hydrogen) atoms. The topological polar surface area (TPSA) is 49.2 Å². The van der Waals surface area contributed by atoms with Gasteiger partial charge in [0, 0.05) is 19.8 Å². The lowest BCUT2D eigenvalue weighted by molar-refractivity contribution is -0.142. The van der Waals surface area contributed by atoms with Gasteiger partial charge >= 0.3 is 0 Å². The summed E-state index contributed by atoms with van der Waals surface area (Å²) in [6.45, 7) is 10.4. The predicted molar refractivity (Wildman–Crippen MR) is 70.1 cm³/mol. The molecule has 0 aromatic carbocycles. The molecule has 104 valence electrons. The van der Waals surface area contributed by atoms with E-state index in [0.29, 0.717) is 19.1 Å². The summed E-state index contributed by atoms with van der Waals surface area (Å²) in [5.74, 6) is 0.650.